The van der Waals surface area contributed by atoms with Crippen LogP contribution in [0.4, 0.5) is 0 Å². The molecule has 6 nitrogen and oxygen atoms in total. The van der Waals surface area contributed by atoms with Gasteiger partial charge in [-0.15, -0.1) is 0 Å². The average Bonchev–Trinajstić information content (AvgIpc) is 2.60. The second-order valence-electron chi connectivity index (χ2n) is 5.01. The molecule has 2 amide bonds. The maximum absolute atomic E-state index is 12.3. The predicted octanol–water partition coefficient (Wildman–Crippen LogP) is 2.26. The Morgan fingerprint density at radius 2 is 1.64 bits per heavy atom. The standard InChI is InChI=1S/C18H15IN2O4/c19-14-8-6-13(7-9-14)17(24)21-15(18(25)20-11-16(22)23)10-12-4-2-1-3-5-12/h1-10H,11H2,(H,20,25)(H,21,24)(H,22,23)/b15-10+. The van der Waals surface area contributed by atoms with Gasteiger partial charge in [0, 0.05) is 9.13 Å². The summed E-state index contributed by atoms with van der Waals surface area (Å²) < 4.78 is 0.980. The number of amides is 2. The van der Waals surface area contributed by atoms with E-state index in [2.05, 4.69) is 33.2 Å². The molecule has 2 aromatic rings. The molecule has 25 heavy (non-hydrogen) atoms. The van der Waals surface area contributed by atoms with Gasteiger partial charge >= 0.3 is 5.97 Å². The van der Waals surface area contributed by atoms with E-state index in [1.165, 1.54) is 6.08 Å². The van der Waals surface area contributed by atoms with Gasteiger partial charge in [0.25, 0.3) is 11.8 Å². The van der Waals surface area contributed by atoms with Crippen molar-refractivity contribution >= 4 is 46.5 Å². The second kappa shape index (κ2) is 8.97. The summed E-state index contributed by atoms with van der Waals surface area (Å²) in [5, 5.41) is 13.5. The van der Waals surface area contributed by atoms with Gasteiger partial charge in [0.15, 0.2) is 0 Å². The average molecular weight is 450 g/mol. The fourth-order valence-corrected chi connectivity index (χ4v) is 2.28. The number of hydrogen-bond donors (Lipinski definition) is 3. The van der Waals surface area contributed by atoms with E-state index in [-0.39, 0.29) is 5.70 Å². The van der Waals surface area contributed by atoms with Crippen LogP contribution in [0.3, 0.4) is 0 Å². The fraction of sp³-hybridized carbons (Fsp3) is 0.0556. The number of rotatable bonds is 6. The summed E-state index contributed by atoms with van der Waals surface area (Å²) in [6, 6.07) is 15.8. The Kier molecular flexibility index (Phi) is 6.70. The Morgan fingerprint density at radius 1 is 1.00 bits per heavy atom. The third kappa shape index (κ3) is 6.03. The van der Waals surface area contributed by atoms with Gasteiger partial charge in [0.2, 0.25) is 0 Å². The Hall–Kier alpha value is -2.68. The van der Waals surface area contributed by atoms with Crippen molar-refractivity contribution in [1.29, 1.82) is 0 Å². The largest absolute Gasteiger partial charge is 0.480 e. The monoisotopic (exact) mass is 450 g/mol. The van der Waals surface area contributed by atoms with Crippen LogP contribution in [0.25, 0.3) is 6.08 Å². The van der Waals surface area contributed by atoms with Crippen molar-refractivity contribution in [2.24, 2.45) is 0 Å². The molecule has 2 aromatic carbocycles. The summed E-state index contributed by atoms with van der Waals surface area (Å²) in [6.07, 6.45) is 1.49. The zero-order valence-electron chi connectivity index (χ0n) is 13.0. The maximum Gasteiger partial charge on any atom is 0.322 e. The first-order chi connectivity index (χ1) is 12.0. The molecule has 0 aliphatic heterocycles. The van der Waals surface area contributed by atoms with Gasteiger partial charge in [-0.2, -0.15) is 0 Å². The summed E-state index contributed by atoms with van der Waals surface area (Å²) in [7, 11) is 0. The molecule has 128 valence electrons. The molecule has 0 radical (unpaired) electrons. The number of halogens is 1. The van der Waals surface area contributed by atoms with Crippen molar-refractivity contribution in [2.75, 3.05) is 6.54 Å². The zero-order valence-corrected chi connectivity index (χ0v) is 15.2. The highest BCUT2D eigenvalue weighted by molar-refractivity contribution is 14.1. The number of carbonyl (C=O) groups is 3. The van der Waals surface area contributed by atoms with Crippen LogP contribution in [0.1, 0.15) is 15.9 Å². The number of carboxylic acids is 1. The lowest BCUT2D eigenvalue weighted by Gasteiger charge is -2.10. The van der Waals surface area contributed by atoms with Gasteiger partial charge < -0.3 is 15.7 Å². The van der Waals surface area contributed by atoms with Crippen LogP contribution >= 0.6 is 22.6 Å². The van der Waals surface area contributed by atoms with Crippen LogP contribution in [-0.4, -0.2) is 29.4 Å². The molecule has 0 unspecified atom stereocenters. The lowest BCUT2D eigenvalue weighted by Crippen LogP contribution is -2.37. The maximum atomic E-state index is 12.3. The molecule has 0 bridgehead atoms. The Balaban J connectivity index is 2.23. The minimum Gasteiger partial charge on any atom is -0.480 e. The van der Waals surface area contributed by atoms with Crippen molar-refractivity contribution in [3.63, 3.8) is 0 Å². The van der Waals surface area contributed by atoms with Crippen LogP contribution in [0.2, 0.25) is 0 Å². The van der Waals surface area contributed by atoms with E-state index in [0.29, 0.717) is 11.1 Å². The minimum atomic E-state index is -1.17. The highest BCUT2D eigenvalue weighted by Gasteiger charge is 2.15. The van der Waals surface area contributed by atoms with Gasteiger partial charge in [-0.25, -0.2) is 0 Å². The molecule has 0 atom stereocenters. The molecule has 2 rings (SSSR count). The summed E-state index contributed by atoms with van der Waals surface area (Å²) in [4.78, 5) is 35.2. The number of carboxylic acid groups (broad SMARTS) is 1. The van der Waals surface area contributed by atoms with E-state index >= 15 is 0 Å². The number of aliphatic carboxylic acids is 1. The van der Waals surface area contributed by atoms with Crippen molar-refractivity contribution < 1.29 is 19.5 Å². The van der Waals surface area contributed by atoms with Crippen molar-refractivity contribution in [1.82, 2.24) is 10.6 Å². The molecular formula is C18H15IN2O4. The first-order valence-electron chi connectivity index (χ1n) is 7.29. The highest BCUT2D eigenvalue weighted by atomic mass is 127. The predicted molar refractivity (Wildman–Crippen MR) is 102 cm³/mol. The topological polar surface area (TPSA) is 95.5 Å². The number of hydrogen-bond acceptors (Lipinski definition) is 3. The van der Waals surface area contributed by atoms with E-state index in [9.17, 15) is 14.4 Å². The molecule has 0 saturated carbocycles. The van der Waals surface area contributed by atoms with Crippen LogP contribution in [0.15, 0.2) is 60.3 Å². The van der Waals surface area contributed by atoms with Gasteiger partial charge in [0.1, 0.15) is 12.2 Å². The van der Waals surface area contributed by atoms with Gasteiger partial charge in [0.05, 0.1) is 0 Å². The fourth-order valence-electron chi connectivity index (χ4n) is 1.92. The molecule has 0 aliphatic rings. The SMILES string of the molecule is O=C(O)CNC(=O)/C(=C\c1ccccc1)NC(=O)c1ccc(I)cc1. The minimum absolute atomic E-state index is 0.0315. The molecule has 0 aliphatic carbocycles. The lowest BCUT2D eigenvalue weighted by atomic mass is 10.1. The summed E-state index contributed by atoms with van der Waals surface area (Å²) >= 11 is 2.13. The van der Waals surface area contributed by atoms with Gasteiger partial charge in [-0.1, -0.05) is 30.3 Å². The normalized spacial score (nSPS) is 10.8. The summed E-state index contributed by atoms with van der Waals surface area (Å²) in [6.45, 7) is -0.537. The Labute approximate surface area is 158 Å². The second-order valence-corrected chi connectivity index (χ2v) is 6.25. The van der Waals surface area contributed by atoms with Crippen molar-refractivity contribution in [2.45, 2.75) is 0 Å². The third-order valence-corrected chi connectivity index (χ3v) is 3.83. The van der Waals surface area contributed by atoms with E-state index in [1.807, 2.05) is 6.07 Å². The van der Waals surface area contributed by atoms with Crippen molar-refractivity contribution in [3.8, 4) is 0 Å². The molecule has 0 fully saturated rings. The molecular weight excluding hydrogens is 435 g/mol. The highest BCUT2D eigenvalue weighted by Crippen LogP contribution is 2.09. The smallest absolute Gasteiger partial charge is 0.322 e. The van der Waals surface area contributed by atoms with Gasteiger partial charge in [-0.05, 0) is 58.5 Å². The molecule has 3 N–H and O–H groups in total. The van der Waals surface area contributed by atoms with Crippen LogP contribution in [-0.2, 0) is 9.59 Å². The van der Waals surface area contributed by atoms with Crippen LogP contribution < -0.4 is 10.6 Å². The lowest BCUT2D eigenvalue weighted by molar-refractivity contribution is -0.137. The van der Waals surface area contributed by atoms with Crippen LogP contribution in [0, 0.1) is 3.57 Å². The first kappa shape index (κ1) is 18.7. The summed E-state index contributed by atoms with van der Waals surface area (Å²) in [5.41, 5.74) is 1.06. The number of carbonyl (C=O) groups excluding carboxylic acids is 2. The quantitative estimate of drug-likeness (QED) is 0.465. The molecule has 0 aromatic heterocycles. The van der Waals surface area contributed by atoms with Crippen LogP contribution in [0.5, 0.6) is 0 Å². The molecule has 0 saturated heterocycles. The zero-order chi connectivity index (χ0) is 18.2. The molecule has 0 heterocycles. The van der Waals surface area contributed by atoms with E-state index in [4.69, 9.17) is 5.11 Å². The van der Waals surface area contributed by atoms with E-state index < -0.39 is 24.3 Å². The Morgan fingerprint density at radius 3 is 2.24 bits per heavy atom. The Bertz CT molecular complexity index is 802. The summed E-state index contributed by atoms with van der Waals surface area (Å²) in [5.74, 6) is -2.30. The number of nitrogens with one attached hydrogen (secondary N) is 2. The number of benzene rings is 2. The first-order valence-corrected chi connectivity index (χ1v) is 8.37. The molecule has 0 spiro atoms. The third-order valence-electron chi connectivity index (χ3n) is 3.11. The van der Waals surface area contributed by atoms with E-state index in [0.717, 1.165) is 3.57 Å². The molecule has 7 heteroatoms. The van der Waals surface area contributed by atoms with E-state index in [1.54, 1.807) is 48.5 Å². The van der Waals surface area contributed by atoms with Crippen molar-refractivity contribution in [3.05, 3.63) is 75.0 Å². The van der Waals surface area contributed by atoms with Gasteiger partial charge in [-0.3, -0.25) is 14.4 Å².